The molecule has 1 aromatic rings. The number of hydrogen-bond acceptors (Lipinski definition) is 5. The number of nitrogens with zero attached hydrogens (tertiary/aromatic N) is 2. The maximum Gasteiger partial charge on any atom is 0.246 e. The molecule has 0 N–H and O–H groups in total. The van der Waals surface area contributed by atoms with Gasteiger partial charge in [-0.05, 0) is 55.9 Å². The first kappa shape index (κ1) is 19.6. The van der Waals surface area contributed by atoms with Crippen LogP contribution in [0, 0.1) is 19.8 Å². The molecule has 0 aromatic heterocycles. The normalized spacial score (nSPS) is 23.1. The van der Waals surface area contributed by atoms with Crippen molar-refractivity contribution in [1.82, 2.24) is 9.21 Å². The van der Waals surface area contributed by atoms with Crippen molar-refractivity contribution in [1.29, 1.82) is 0 Å². The summed E-state index contributed by atoms with van der Waals surface area (Å²) in [6.07, 6.45) is 1.98. The molecule has 0 spiro atoms. The van der Waals surface area contributed by atoms with Crippen LogP contribution < -0.4 is 4.74 Å². The van der Waals surface area contributed by atoms with Crippen molar-refractivity contribution < 1.29 is 17.9 Å². The van der Waals surface area contributed by atoms with Gasteiger partial charge in [-0.3, -0.25) is 4.90 Å². The highest BCUT2D eigenvalue weighted by molar-refractivity contribution is 7.89. The van der Waals surface area contributed by atoms with Gasteiger partial charge in [-0.15, -0.1) is 0 Å². The van der Waals surface area contributed by atoms with E-state index in [0.717, 1.165) is 56.8 Å². The molecule has 1 aromatic carbocycles. The number of hydrogen-bond donors (Lipinski definition) is 0. The topological polar surface area (TPSA) is 59.1 Å². The first-order valence-corrected chi connectivity index (χ1v) is 10.8. The highest BCUT2D eigenvalue weighted by Gasteiger charge is 2.33. The van der Waals surface area contributed by atoms with E-state index in [1.165, 1.54) is 7.11 Å². The van der Waals surface area contributed by atoms with Crippen molar-refractivity contribution in [2.45, 2.75) is 31.6 Å². The molecule has 26 heavy (non-hydrogen) atoms. The molecule has 2 aliphatic heterocycles. The van der Waals surface area contributed by atoms with Gasteiger partial charge in [0.05, 0.1) is 20.3 Å². The summed E-state index contributed by atoms with van der Waals surface area (Å²) in [5.41, 5.74) is 2.00. The quantitative estimate of drug-likeness (QED) is 0.780. The molecule has 0 amide bonds. The first-order valence-electron chi connectivity index (χ1n) is 9.37. The summed E-state index contributed by atoms with van der Waals surface area (Å²) in [7, 11) is -2.02. The van der Waals surface area contributed by atoms with Gasteiger partial charge in [0, 0.05) is 32.7 Å². The number of methoxy groups -OCH3 is 1. The first-order chi connectivity index (χ1) is 12.4. The van der Waals surface area contributed by atoms with Crippen molar-refractivity contribution in [2.24, 2.45) is 5.92 Å². The zero-order valence-electron chi connectivity index (χ0n) is 16.0. The predicted molar refractivity (Wildman–Crippen MR) is 101 cm³/mol. The third kappa shape index (κ3) is 4.22. The standard InChI is InChI=1S/C19H30N2O4S/c1-15-11-18(24-3)19(12-16(15)2)26(22,23)21-6-4-5-17(14-21)13-20-7-9-25-10-8-20/h11-12,17H,4-10,13-14H2,1-3H3. The average molecular weight is 383 g/mol. The van der Waals surface area contributed by atoms with E-state index in [0.29, 0.717) is 24.8 Å². The Hall–Kier alpha value is -1.15. The van der Waals surface area contributed by atoms with Gasteiger partial charge >= 0.3 is 0 Å². The van der Waals surface area contributed by atoms with Gasteiger partial charge < -0.3 is 9.47 Å². The molecular formula is C19H30N2O4S. The molecule has 2 aliphatic rings. The van der Waals surface area contributed by atoms with Gasteiger partial charge in [0.25, 0.3) is 0 Å². The Bertz CT molecular complexity index is 729. The van der Waals surface area contributed by atoms with Crippen LogP contribution in [0.2, 0.25) is 0 Å². The fraction of sp³-hybridized carbons (Fsp3) is 0.684. The van der Waals surface area contributed by atoms with Crippen molar-refractivity contribution in [2.75, 3.05) is 53.0 Å². The Morgan fingerprint density at radius 1 is 1.15 bits per heavy atom. The number of benzene rings is 1. The summed E-state index contributed by atoms with van der Waals surface area (Å²) in [5, 5.41) is 0. The zero-order valence-corrected chi connectivity index (χ0v) is 16.8. The number of rotatable bonds is 5. The SMILES string of the molecule is COc1cc(C)c(C)cc1S(=O)(=O)N1CCCC(CN2CCOCC2)C1. The second kappa shape index (κ2) is 8.25. The maximum atomic E-state index is 13.3. The Kier molecular flexibility index (Phi) is 6.22. The van der Waals surface area contributed by atoms with Crippen molar-refractivity contribution >= 4 is 10.0 Å². The molecular weight excluding hydrogens is 352 g/mol. The molecule has 7 heteroatoms. The van der Waals surface area contributed by atoms with Gasteiger partial charge in [-0.25, -0.2) is 8.42 Å². The highest BCUT2D eigenvalue weighted by atomic mass is 32.2. The molecule has 2 fully saturated rings. The van der Waals surface area contributed by atoms with Gasteiger partial charge in [0.1, 0.15) is 10.6 Å². The van der Waals surface area contributed by atoms with Crippen LogP contribution in [0.5, 0.6) is 5.75 Å². The lowest BCUT2D eigenvalue weighted by atomic mass is 9.99. The summed E-state index contributed by atoms with van der Waals surface area (Å²) in [5.74, 6) is 0.803. The van der Waals surface area contributed by atoms with E-state index in [4.69, 9.17) is 9.47 Å². The summed E-state index contributed by atoms with van der Waals surface area (Å²) in [6, 6.07) is 3.56. The van der Waals surface area contributed by atoms with Crippen molar-refractivity contribution in [3.63, 3.8) is 0 Å². The Morgan fingerprint density at radius 2 is 1.85 bits per heavy atom. The third-order valence-electron chi connectivity index (χ3n) is 5.50. The summed E-state index contributed by atoms with van der Waals surface area (Å²) >= 11 is 0. The van der Waals surface area contributed by atoms with Crippen LogP contribution in [0.15, 0.2) is 17.0 Å². The fourth-order valence-corrected chi connectivity index (χ4v) is 5.58. The van der Waals surface area contributed by atoms with Gasteiger partial charge in [-0.1, -0.05) is 0 Å². The third-order valence-corrected chi connectivity index (χ3v) is 7.39. The van der Waals surface area contributed by atoms with E-state index >= 15 is 0 Å². The highest BCUT2D eigenvalue weighted by Crippen LogP contribution is 2.32. The summed E-state index contributed by atoms with van der Waals surface area (Å²) in [6.45, 7) is 9.43. The Balaban J connectivity index is 1.77. The van der Waals surface area contributed by atoms with Crippen molar-refractivity contribution in [3.05, 3.63) is 23.3 Å². The van der Waals surface area contributed by atoms with Gasteiger partial charge in [0.15, 0.2) is 0 Å². The van der Waals surface area contributed by atoms with E-state index in [1.54, 1.807) is 10.4 Å². The summed E-state index contributed by atoms with van der Waals surface area (Å²) < 4.78 is 39.0. The second-order valence-electron chi connectivity index (χ2n) is 7.37. The average Bonchev–Trinajstić information content (AvgIpc) is 2.64. The number of sulfonamides is 1. The second-order valence-corrected chi connectivity index (χ2v) is 9.28. The van der Waals surface area contributed by atoms with E-state index in [2.05, 4.69) is 4.90 Å². The van der Waals surface area contributed by atoms with E-state index < -0.39 is 10.0 Å². The van der Waals surface area contributed by atoms with E-state index in [-0.39, 0.29) is 4.90 Å². The molecule has 0 radical (unpaired) electrons. The monoisotopic (exact) mass is 382 g/mol. The van der Waals surface area contributed by atoms with Crippen LogP contribution >= 0.6 is 0 Å². The lowest BCUT2D eigenvalue weighted by Gasteiger charge is -2.36. The molecule has 1 unspecified atom stereocenters. The predicted octanol–water partition coefficient (Wildman–Crippen LogP) is 2.04. The molecule has 6 nitrogen and oxygen atoms in total. The molecule has 3 rings (SSSR count). The van der Waals surface area contributed by atoms with Gasteiger partial charge in [-0.2, -0.15) is 4.31 Å². The number of aryl methyl sites for hydroxylation is 2. The zero-order chi connectivity index (χ0) is 18.7. The van der Waals surface area contributed by atoms with Crippen molar-refractivity contribution in [3.8, 4) is 5.75 Å². The minimum absolute atomic E-state index is 0.287. The molecule has 0 saturated carbocycles. The number of morpholine rings is 1. The fourth-order valence-electron chi connectivity index (χ4n) is 3.81. The Labute approximate surface area is 157 Å². The molecule has 0 bridgehead atoms. The minimum atomic E-state index is -3.55. The van der Waals surface area contributed by atoms with Crippen LogP contribution in [-0.4, -0.2) is 70.7 Å². The lowest BCUT2D eigenvalue weighted by Crippen LogP contribution is -2.46. The largest absolute Gasteiger partial charge is 0.495 e. The lowest BCUT2D eigenvalue weighted by molar-refractivity contribution is 0.0265. The summed E-state index contributed by atoms with van der Waals surface area (Å²) in [4.78, 5) is 2.68. The number of ether oxygens (including phenoxy) is 2. The smallest absolute Gasteiger partial charge is 0.246 e. The van der Waals surface area contributed by atoms with Crippen LogP contribution in [-0.2, 0) is 14.8 Å². The minimum Gasteiger partial charge on any atom is -0.495 e. The van der Waals surface area contributed by atoms with Crippen LogP contribution in [0.3, 0.4) is 0 Å². The number of piperidine rings is 1. The molecule has 2 heterocycles. The Morgan fingerprint density at radius 3 is 2.54 bits per heavy atom. The molecule has 146 valence electrons. The van der Waals surface area contributed by atoms with Crippen LogP contribution in [0.1, 0.15) is 24.0 Å². The van der Waals surface area contributed by atoms with Gasteiger partial charge in [0.2, 0.25) is 10.0 Å². The van der Waals surface area contributed by atoms with E-state index in [9.17, 15) is 8.42 Å². The van der Waals surface area contributed by atoms with Crippen LogP contribution in [0.25, 0.3) is 0 Å². The molecule has 0 aliphatic carbocycles. The molecule has 2 saturated heterocycles. The van der Waals surface area contributed by atoms with Crippen LogP contribution in [0.4, 0.5) is 0 Å². The maximum absolute atomic E-state index is 13.3. The molecule has 1 atom stereocenters. The van der Waals surface area contributed by atoms with E-state index in [1.807, 2.05) is 19.9 Å².